The van der Waals surface area contributed by atoms with E-state index in [9.17, 15) is 9.59 Å². The number of pyridine rings is 1. The molecule has 2 aromatic heterocycles. The van der Waals surface area contributed by atoms with Crippen LogP contribution in [0.1, 0.15) is 28.9 Å². The van der Waals surface area contributed by atoms with Crippen molar-refractivity contribution in [2.75, 3.05) is 10.6 Å². The summed E-state index contributed by atoms with van der Waals surface area (Å²) in [6.07, 6.45) is 1.57. The lowest BCUT2D eigenvalue weighted by atomic mass is 10.00. The fourth-order valence-corrected chi connectivity index (χ4v) is 3.41. The number of rotatable bonds is 3. The quantitative estimate of drug-likeness (QED) is 0.757. The Kier molecular flexibility index (Phi) is 3.77. The van der Waals surface area contributed by atoms with Gasteiger partial charge in [0.05, 0.1) is 11.6 Å². The van der Waals surface area contributed by atoms with Crippen LogP contribution >= 0.6 is 11.3 Å². The zero-order valence-electron chi connectivity index (χ0n) is 13.3. The van der Waals surface area contributed by atoms with Crippen LogP contribution in [0, 0.1) is 0 Å². The SMILES string of the molecule is CC1C(=O)Nc2ccc(-c3csc(NC(=O)c4ccccn4)n3)cc21. The summed E-state index contributed by atoms with van der Waals surface area (Å²) in [6.45, 7) is 1.88. The second kappa shape index (κ2) is 6.10. The van der Waals surface area contributed by atoms with Gasteiger partial charge in [-0.2, -0.15) is 0 Å². The maximum atomic E-state index is 12.1. The monoisotopic (exact) mass is 350 g/mol. The van der Waals surface area contributed by atoms with Gasteiger partial charge in [0.1, 0.15) is 5.69 Å². The molecule has 0 saturated heterocycles. The fraction of sp³-hybridized carbons (Fsp3) is 0.111. The highest BCUT2D eigenvalue weighted by atomic mass is 32.1. The molecule has 1 unspecified atom stereocenters. The summed E-state index contributed by atoms with van der Waals surface area (Å²) in [6, 6.07) is 10.9. The van der Waals surface area contributed by atoms with Gasteiger partial charge in [-0.1, -0.05) is 12.1 Å². The van der Waals surface area contributed by atoms with E-state index in [2.05, 4.69) is 20.6 Å². The number of amides is 2. The van der Waals surface area contributed by atoms with Crippen LogP contribution in [0.4, 0.5) is 10.8 Å². The van der Waals surface area contributed by atoms with Crippen molar-refractivity contribution in [2.24, 2.45) is 0 Å². The Hall–Kier alpha value is -3.06. The summed E-state index contributed by atoms with van der Waals surface area (Å²) in [7, 11) is 0. The van der Waals surface area contributed by atoms with Crippen molar-refractivity contribution in [2.45, 2.75) is 12.8 Å². The average molecular weight is 350 g/mol. The van der Waals surface area contributed by atoms with E-state index in [4.69, 9.17) is 0 Å². The number of nitrogens with one attached hydrogen (secondary N) is 2. The zero-order valence-corrected chi connectivity index (χ0v) is 14.1. The highest BCUT2D eigenvalue weighted by Gasteiger charge is 2.26. The van der Waals surface area contributed by atoms with Gasteiger partial charge in [-0.15, -0.1) is 11.3 Å². The van der Waals surface area contributed by atoms with Crippen LogP contribution in [0.5, 0.6) is 0 Å². The molecule has 3 heterocycles. The van der Waals surface area contributed by atoms with Crippen molar-refractivity contribution in [3.63, 3.8) is 0 Å². The predicted molar refractivity (Wildman–Crippen MR) is 96.8 cm³/mol. The molecule has 7 heteroatoms. The van der Waals surface area contributed by atoms with Crippen molar-refractivity contribution in [3.8, 4) is 11.3 Å². The Labute approximate surface area is 148 Å². The molecule has 1 atom stereocenters. The molecule has 6 nitrogen and oxygen atoms in total. The van der Waals surface area contributed by atoms with E-state index in [0.29, 0.717) is 10.8 Å². The third-order valence-corrected chi connectivity index (χ3v) is 4.84. The summed E-state index contributed by atoms with van der Waals surface area (Å²) in [5.74, 6) is -0.454. The Bertz CT molecular complexity index is 968. The smallest absolute Gasteiger partial charge is 0.276 e. The van der Waals surface area contributed by atoms with Gasteiger partial charge in [-0.05, 0) is 36.8 Å². The first-order valence-electron chi connectivity index (χ1n) is 7.75. The second-order valence-electron chi connectivity index (χ2n) is 5.72. The Morgan fingerprint density at radius 2 is 2.16 bits per heavy atom. The summed E-state index contributed by atoms with van der Waals surface area (Å²) in [4.78, 5) is 32.4. The van der Waals surface area contributed by atoms with E-state index in [1.165, 1.54) is 11.3 Å². The van der Waals surface area contributed by atoms with Crippen LogP contribution in [0.15, 0.2) is 48.0 Å². The minimum Gasteiger partial charge on any atom is -0.325 e. The van der Waals surface area contributed by atoms with E-state index in [-0.39, 0.29) is 17.7 Å². The van der Waals surface area contributed by atoms with Crippen molar-refractivity contribution in [1.82, 2.24) is 9.97 Å². The molecule has 0 fully saturated rings. The minimum atomic E-state index is -0.293. The molecule has 1 aliphatic heterocycles. The minimum absolute atomic E-state index is 0.00809. The molecule has 0 radical (unpaired) electrons. The van der Waals surface area contributed by atoms with Crippen molar-refractivity contribution >= 4 is 34.0 Å². The summed E-state index contributed by atoms with van der Waals surface area (Å²) in [5, 5.41) is 8.00. The number of anilines is 2. The molecule has 4 rings (SSSR count). The number of hydrogen-bond acceptors (Lipinski definition) is 5. The number of benzene rings is 1. The maximum absolute atomic E-state index is 12.1. The molecular weight excluding hydrogens is 336 g/mol. The van der Waals surface area contributed by atoms with Crippen LogP contribution in [-0.2, 0) is 4.79 Å². The maximum Gasteiger partial charge on any atom is 0.276 e. The molecule has 124 valence electrons. The van der Waals surface area contributed by atoms with Crippen LogP contribution in [0.25, 0.3) is 11.3 Å². The topological polar surface area (TPSA) is 84.0 Å². The van der Waals surface area contributed by atoms with Gasteiger partial charge in [-0.25, -0.2) is 4.98 Å². The van der Waals surface area contributed by atoms with Gasteiger partial charge in [0.2, 0.25) is 5.91 Å². The molecule has 0 spiro atoms. The molecule has 25 heavy (non-hydrogen) atoms. The van der Waals surface area contributed by atoms with E-state index in [0.717, 1.165) is 22.5 Å². The van der Waals surface area contributed by atoms with Gasteiger partial charge in [0, 0.05) is 22.8 Å². The number of aromatic nitrogens is 2. The number of carbonyl (C=O) groups is 2. The van der Waals surface area contributed by atoms with Gasteiger partial charge in [-0.3, -0.25) is 19.9 Å². The lowest BCUT2D eigenvalue weighted by Crippen LogP contribution is -2.13. The molecule has 1 aromatic carbocycles. The van der Waals surface area contributed by atoms with E-state index >= 15 is 0 Å². The molecule has 0 saturated carbocycles. The Balaban J connectivity index is 1.56. The summed E-state index contributed by atoms with van der Waals surface area (Å²) >= 11 is 1.35. The number of fused-ring (bicyclic) bond motifs is 1. The zero-order chi connectivity index (χ0) is 17.4. The van der Waals surface area contributed by atoms with Crippen molar-refractivity contribution in [1.29, 1.82) is 0 Å². The molecule has 0 aliphatic carbocycles. The lowest BCUT2D eigenvalue weighted by Gasteiger charge is -2.04. The molecule has 1 aliphatic rings. The third-order valence-electron chi connectivity index (χ3n) is 4.09. The van der Waals surface area contributed by atoms with E-state index in [1.807, 2.05) is 30.5 Å². The first-order valence-corrected chi connectivity index (χ1v) is 8.63. The number of thiazole rings is 1. The highest BCUT2D eigenvalue weighted by molar-refractivity contribution is 7.14. The summed E-state index contributed by atoms with van der Waals surface area (Å²) < 4.78 is 0. The second-order valence-corrected chi connectivity index (χ2v) is 6.58. The average Bonchev–Trinajstić information content (AvgIpc) is 3.21. The highest BCUT2D eigenvalue weighted by Crippen LogP contribution is 2.36. The number of nitrogens with zero attached hydrogens (tertiary/aromatic N) is 2. The van der Waals surface area contributed by atoms with Crippen LogP contribution in [-0.4, -0.2) is 21.8 Å². The summed E-state index contributed by atoms with van der Waals surface area (Å²) in [5.41, 5.74) is 3.83. The van der Waals surface area contributed by atoms with E-state index in [1.54, 1.807) is 24.4 Å². The molecule has 0 bridgehead atoms. The standard InChI is InChI=1S/C18H14N4O2S/c1-10-12-8-11(5-6-13(12)20-16(10)23)15-9-25-18(21-15)22-17(24)14-4-2-3-7-19-14/h2-10H,1H3,(H,20,23)(H,21,22,24). The number of carbonyl (C=O) groups excluding carboxylic acids is 2. The Morgan fingerprint density at radius 3 is 2.96 bits per heavy atom. The van der Waals surface area contributed by atoms with Crippen molar-refractivity contribution in [3.05, 3.63) is 59.2 Å². The third kappa shape index (κ3) is 2.89. The lowest BCUT2D eigenvalue weighted by molar-refractivity contribution is -0.116. The molecular formula is C18H14N4O2S. The normalized spacial score (nSPS) is 15.6. The molecule has 2 amide bonds. The number of hydrogen-bond donors (Lipinski definition) is 2. The van der Waals surface area contributed by atoms with Crippen LogP contribution in [0.2, 0.25) is 0 Å². The molecule has 2 N–H and O–H groups in total. The first kappa shape index (κ1) is 15.5. The van der Waals surface area contributed by atoms with Gasteiger partial charge < -0.3 is 5.32 Å². The first-order chi connectivity index (χ1) is 12.1. The van der Waals surface area contributed by atoms with E-state index < -0.39 is 0 Å². The van der Waals surface area contributed by atoms with Crippen LogP contribution < -0.4 is 10.6 Å². The fourth-order valence-electron chi connectivity index (χ4n) is 2.70. The predicted octanol–water partition coefficient (Wildman–Crippen LogP) is 3.51. The van der Waals surface area contributed by atoms with Gasteiger partial charge in [0.15, 0.2) is 5.13 Å². The van der Waals surface area contributed by atoms with Crippen LogP contribution in [0.3, 0.4) is 0 Å². The molecule has 3 aromatic rings. The van der Waals surface area contributed by atoms with Crippen molar-refractivity contribution < 1.29 is 9.59 Å². The van der Waals surface area contributed by atoms with Gasteiger partial charge in [0.25, 0.3) is 5.91 Å². The van der Waals surface area contributed by atoms with Gasteiger partial charge >= 0.3 is 0 Å². The Morgan fingerprint density at radius 1 is 1.28 bits per heavy atom. The largest absolute Gasteiger partial charge is 0.325 e.